The van der Waals surface area contributed by atoms with Crippen molar-refractivity contribution in [3.8, 4) is 0 Å². The molecule has 0 saturated heterocycles. The van der Waals surface area contributed by atoms with Crippen LogP contribution in [0, 0.1) is 0 Å². The first-order valence-corrected chi connectivity index (χ1v) is 3.29. The number of halogens is 5. The third-order valence-corrected chi connectivity index (χ3v) is 1.55. The Balaban J connectivity index is 4.67. The molecule has 0 radical (unpaired) electrons. The maximum Gasteiger partial charge on any atom is 0.409 e. The first-order chi connectivity index (χ1) is 4.75. The van der Waals surface area contributed by atoms with Crippen LogP contribution >= 0.6 is 0 Å². The van der Waals surface area contributed by atoms with E-state index >= 15 is 0 Å². The van der Waals surface area contributed by atoms with Crippen LogP contribution in [0.3, 0.4) is 0 Å². The van der Waals surface area contributed by atoms with E-state index < -0.39 is 28.9 Å². The van der Waals surface area contributed by atoms with Crippen molar-refractivity contribution < 1.29 is 30.7 Å². The van der Waals surface area contributed by atoms with Gasteiger partial charge in [-0.1, -0.05) is 0 Å². The molecule has 0 amide bonds. The lowest BCUT2D eigenvalue weighted by Gasteiger charge is -2.19. The quantitative estimate of drug-likeness (QED) is 0.549. The Morgan fingerprint density at radius 3 is 1.73 bits per heavy atom. The predicted octanol–water partition coefficient (Wildman–Crippen LogP) is 1.41. The fourth-order valence-corrected chi connectivity index (χ4v) is 0.516. The molecule has 1 N–H and O–H groups in total. The van der Waals surface area contributed by atoms with Gasteiger partial charge in [0.05, 0.1) is 0 Å². The number of hydrogen-bond donors (Lipinski definition) is 1. The zero-order valence-corrected chi connectivity index (χ0v) is 5.68. The second-order valence-corrected chi connectivity index (χ2v) is 2.62. The zero-order chi connectivity index (χ0) is 9.28. The lowest BCUT2D eigenvalue weighted by Crippen LogP contribution is -2.45. The van der Waals surface area contributed by atoms with Gasteiger partial charge in [-0.15, -0.1) is 0 Å². The third kappa shape index (κ3) is 1.86. The monoisotopic (exact) mass is 198 g/mol. The summed E-state index contributed by atoms with van der Waals surface area (Å²) in [6, 6.07) is 0. The lowest BCUT2D eigenvalue weighted by atomic mass is 10.4. The molecule has 0 spiro atoms. The van der Waals surface area contributed by atoms with Crippen molar-refractivity contribution in [1.29, 1.82) is 0 Å². The highest BCUT2D eigenvalue weighted by Gasteiger charge is 2.61. The molecular weight excluding hydrogens is 195 g/mol. The first kappa shape index (κ1) is 10.8. The SMILES string of the molecule is O=S(O)C(F)(F)C(F)(F)CF. The summed E-state index contributed by atoms with van der Waals surface area (Å²) in [7, 11) is 0. The predicted molar refractivity (Wildman–Crippen MR) is 26.6 cm³/mol. The molecule has 0 rings (SSSR count). The first-order valence-electron chi connectivity index (χ1n) is 2.18. The Labute approximate surface area is 60.7 Å². The van der Waals surface area contributed by atoms with E-state index in [2.05, 4.69) is 0 Å². The molecule has 0 aromatic rings. The van der Waals surface area contributed by atoms with Crippen LogP contribution in [0.2, 0.25) is 0 Å². The molecular formula is C3H3F5O2S. The summed E-state index contributed by atoms with van der Waals surface area (Å²) < 4.78 is 75.3. The third-order valence-electron chi connectivity index (χ3n) is 0.813. The van der Waals surface area contributed by atoms with Crippen molar-refractivity contribution in [1.82, 2.24) is 0 Å². The fraction of sp³-hybridized carbons (Fsp3) is 1.00. The van der Waals surface area contributed by atoms with Gasteiger partial charge in [-0.05, 0) is 0 Å². The van der Waals surface area contributed by atoms with Gasteiger partial charge in [0.15, 0.2) is 6.67 Å². The van der Waals surface area contributed by atoms with Crippen LogP contribution in [0.1, 0.15) is 0 Å². The largest absolute Gasteiger partial charge is 0.409 e. The van der Waals surface area contributed by atoms with E-state index in [4.69, 9.17) is 4.55 Å². The summed E-state index contributed by atoms with van der Waals surface area (Å²) in [6.45, 7) is -2.67. The standard InChI is InChI=1S/C3H3F5O2S/c4-1-2(5,6)3(7,8)11(9)10/h1H2,(H,9,10). The van der Waals surface area contributed by atoms with Gasteiger partial charge in [0.1, 0.15) is 0 Å². The maximum atomic E-state index is 11.8. The van der Waals surface area contributed by atoms with E-state index in [1.54, 1.807) is 0 Å². The second kappa shape index (κ2) is 3.02. The average molecular weight is 198 g/mol. The van der Waals surface area contributed by atoms with Crippen LogP contribution in [-0.2, 0) is 11.1 Å². The van der Waals surface area contributed by atoms with E-state index in [9.17, 15) is 26.2 Å². The summed E-state index contributed by atoms with van der Waals surface area (Å²) in [5.74, 6) is -5.09. The molecule has 0 aliphatic carbocycles. The highest BCUT2D eigenvalue weighted by atomic mass is 32.2. The van der Waals surface area contributed by atoms with Gasteiger partial charge in [-0.2, -0.15) is 17.6 Å². The van der Waals surface area contributed by atoms with Crippen LogP contribution in [0.25, 0.3) is 0 Å². The van der Waals surface area contributed by atoms with Crippen LogP contribution in [-0.4, -0.2) is 26.6 Å². The number of alkyl halides is 5. The molecule has 0 aliphatic heterocycles. The zero-order valence-electron chi connectivity index (χ0n) is 4.86. The molecule has 1 atom stereocenters. The molecule has 68 valence electrons. The second-order valence-electron chi connectivity index (χ2n) is 1.60. The molecule has 0 saturated carbocycles. The minimum Gasteiger partial charge on any atom is -0.301 e. The smallest absolute Gasteiger partial charge is 0.301 e. The van der Waals surface area contributed by atoms with Crippen molar-refractivity contribution in [2.45, 2.75) is 11.2 Å². The molecule has 11 heavy (non-hydrogen) atoms. The highest BCUT2D eigenvalue weighted by Crippen LogP contribution is 2.36. The van der Waals surface area contributed by atoms with Gasteiger partial charge < -0.3 is 4.55 Å². The molecule has 0 aromatic heterocycles. The maximum absolute atomic E-state index is 11.8. The van der Waals surface area contributed by atoms with Gasteiger partial charge >= 0.3 is 11.2 Å². The van der Waals surface area contributed by atoms with Crippen LogP contribution in [0.15, 0.2) is 0 Å². The van der Waals surface area contributed by atoms with Crippen molar-refractivity contribution in [3.05, 3.63) is 0 Å². The number of rotatable bonds is 3. The average Bonchev–Trinajstić information content (AvgIpc) is 1.87. The fourth-order valence-electron chi connectivity index (χ4n) is 0.206. The molecule has 0 aliphatic rings. The summed E-state index contributed by atoms with van der Waals surface area (Å²) in [5.41, 5.74) is 0. The van der Waals surface area contributed by atoms with Crippen molar-refractivity contribution in [3.63, 3.8) is 0 Å². The number of hydrogen-bond acceptors (Lipinski definition) is 1. The highest BCUT2D eigenvalue weighted by molar-refractivity contribution is 7.80. The summed E-state index contributed by atoms with van der Waals surface area (Å²) in [5, 5.41) is -5.23. The summed E-state index contributed by atoms with van der Waals surface area (Å²) in [4.78, 5) is 0. The van der Waals surface area contributed by atoms with E-state index in [1.807, 2.05) is 0 Å². The van der Waals surface area contributed by atoms with E-state index in [0.29, 0.717) is 0 Å². The van der Waals surface area contributed by atoms with Crippen LogP contribution in [0.4, 0.5) is 22.0 Å². The molecule has 0 fully saturated rings. The van der Waals surface area contributed by atoms with Crippen LogP contribution < -0.4 is 0 Å². The molecule has 1 unspecified atom stereocenters. The minimum absolute atomic E-state index is 2.67. The Morgan fingerprint density at radius 1 is 1.27 bits per heavy atom. The van der Waals surface area contributed by atoms with E-state index in [1.165, 1.54) is 0 Å². The van der Waals surface area contributed by atoms with Crippen LogP contribution in [0.5, 0.6) is 0 Å². The molecule has 0 aromatic carbocycles. The lowest BCUT2D eigenvalue weighted by molar-refractivity contribution is -0.166. The van der Waals surface area contributed by atoms with Crippen molar-refractivity contribution in [2.75, 3.05) is 6.67 Å². The topological polar surface area (TPSA) is 37.3 Å². The van der Waals surface area contributed by atoms with Crippen molar-refractivity contribution >= 4 is 11.1 Å². The normalized spacial score (nSPS) is 16.5. The van der Waals surface area contributed by atoms with Gasteiger partial charge in [0.25, 0.3) is 0 Å². The molecule has 8 heteroatoms. The molecule has 2 nitrogen and oxygen atoms in total. The Hall–Kier alpha value is -0.240. The Morgan fingerprint density at radius 2 is 1.64 bits per heavy atom. The summed E-state index contributed by atoms with van der Waals surface area (Å²) >= 11 is -4.07. The Bertz CT molecular complexity index is 169. The van der Waals surface area contributed by atoms with Gasteiger partial charge in [0.2, 0.25) is 11.1 Å². The van der Waals surface area contributed by atoms with Crippen molar-refractivity contribution in [2.24, 2.45) is 0 Å². The minimum atomic E-state index is -5.23. The summed E-state index contributed by atoms with van der Waals surface area (Å²) in [6.07, 6.45) is 0. The molecule has 0 heterocycles. The Kier molecular flexibility index (Phi) is 2.95. The van der Waals surface area contributed by atoms with Gasteiger partial charge in [0, 0.05) is 0 Å². The van der Waals surface area contributed by atoms with E-state index in [-0.39, 0.29) is 0 Å². The van der Waals surface area contributed by atoms with E-state index in [0.717, 1.165) is 0 Å². The van der Waals surface area contributed by atoms with Gasteiger partial charge in [-0.25, -0.2) is 8.60 Å². The van der Waals surface area contributed by atoms with Gasteiger partial charge in [-0.3, -0.25) is 0 Å². The molecule has 0 bridgehead atoms.